The molecule has 0 aliphatic rings. The van der Waals surface area contributed by atoms with Crippen LogP contribution in [0, 0.1) is 10.1 Å². The monoisotopic (exact) mass is 286 g/mol. The van der Waals surface area contributed by atoms with Crippen molar-refractivity contribution in [2.75, 3.05) is 12.4 Å². The largest absolute Gasteiger partial charge is 0.387 e. The van der Waals surface area contributed by atoms with E-state index in [0.717, 1.165) is 0 Å². The Labute approximate surface area is 121 Å². The molecule has 2 rings (SSSR count). The molecule has 0 aliphatic carbocycles. The van der Waals surface area contributed by atoms with Crippen LogP contribution in [-0.4, -0.2) is 22.9 Å². The number of benzene rings is 1. The summed E-state index contributed by atoms with van der Waals surface area (Å²) in [6.45, 7) is 0.207. The van der Waals surface area contributed by atoms with Gasteiger partial charge in [0.2, 0.25) is 0 Å². The van der Waals surface area contributed by atoms with Crippen LogP contribution in [0.1, 0.15) is 15.9 Å². The molecule has 1 aromatic carbocycles. The number of hydrogen-bond acceptors (Lipinski definition) is 5. The second-order valence-electron chi connectivity index (χ2n) is 4.28. The fourth-order valence-corrected chi connectivity index (χ4v) is 1.85. The Morgan fingerprint density at radius 3 is 2.90 bits per heavy atom. The highest BCUT2D eigenvalue weighted by Crippen LogP contribution is 2.14. The summed E-state index contributed by atoms with van der Waals surface area (Å²) >= 11 is 0. The molecule has 0 spiro atoms. The summed E-state index contributed by atoms with van der Waals surface area (Å²) < 4.78 is 0. The van der Waals surface area contributed by atoms with E-state index < -0.39 is 4.92 Å². The summed E-state index contributed by atoms with van der Waals surface area (Å²) in [4.78, 5) is 26.2. The van der Waals surface area contributed by atoms with E-state index in [1.54, 1.807) is 31.4 Å². The van der Waals surface area contributed by atoms with Crippen LogP contribution in [0.4, 0.5) is 11.4 Å². The first-order valence-corrected chi connectivity index (χ1v) is 6.25. The molecule has 2 N–H and O–H groups in total. The second kappa shape index (κ2) is 6.47. The number of aromatic nitrogens is 1. The Kier molecular flexibility index (Phi) is 4.45. The van der Waals surface area contributed by atoms with Crippen LogP contribution < -0.4 is 10.6 Å². The number of nitro groups is 1. The van der Waals surface area contributed by atoms with Gasteiger partial charge in [0.15, 0.2) is 0 Å². The van der Waals surface area contributed by atoms with Gasteiger partial charge in [-0.3, -0.25) is 19.9 Å². The number of non-ortho nitro benzene ring substituents is 1. The molecule has 0 radical (unpaired) electrons. The van der Waals surface area contributed by atoms with E-state index in [2.05, 4.69) is 15.6 Å². The van der Waals surface area contributed by atoms with Crippen LogP contribution in [0.3, 0.4) is 0 Å². The van der Waals surface area contributed by atoms with E-state index in [0.29, 0.717) is 16.8 Å². The molecule has 0 bridgehead atoms. The van der Waals surface area contributed by atoms with Crippen LogP contribution in [0.5, 0.6) is 0 Å². The van der Waals surface area contributed by atoms with Crippen molar-refractivity contribution in [3.63, 3.8) is 0 Å². The number of carbonyl (C=O) groups excluding carboxylic acids is 1. The number of nitrogens with zero attached hydrogens (tertiary/aromatic N) is 2. The van der Waals surface area contributed by atoms with E-state index in [4.69, 9.17) is 0 Å². The van der Waals surface area contributed by atoms with E-state index in [1.807, 2.05) is 0 Å². The summed E-state index contributed by atoms with van der Waals surface area (Å²) in [5.41, 5.74) is 1.75. The van der Waals surface area contributed by atoms with Gasteiger partial charge in [-0.15, -0.1) is 0 Å². The average Bonchev–Trinajstić information content (AvgIpc) is 2.52. The molecule has 1 aromatic heterocycles. The van der Waals surface area contributed by atoms with E-state index >= 15 is 0 Å². The van der Waals surface area contributed by atoms with Gasteiger partial charge >= 0.3 is 0 Å². The molecule has 0 saturated carbocycles. The molecular weight excluding hydrogens is 272 g/mol. The first kappa shape index (κ1) is 14.4. The molecule has 0 aliphatic heterocycles. The number of rotatable bonds is 5. The van der Waals surface area contributed by atoms with Crippen molar-refractivity contribution in [3.8, 4) is 0 Å². The van der Waals surface area contributed by atoms with Gasteiger partial charge < -0.3 is 10.6 Å². The molecule has 1 heterocycles. The Morgan fingerprint density at radius 2 is 2.19 bits per heavy atom. The molecule has 21 heavy (non-hydrogen) atoms. The molecule has 108 valence electrons. The summed E-state index contributed by atoms with van der Waals surface area (Å²) in [6, 6.07) is 7.84. The van der Waals surface area contributed by atoms with Gasteiger partial charge in [0.1, 0.15) is 0 Å². The summed E-state index contributed by atoms with van der Waals surface area (Å²) in [5, 5.41) is 16.3. The van der Waals surface area contributed by atoms with Crippen molar-refractivity contribution in [1.29, 1.82) is 0 Å². The van der Waals surface area contributed by atoms with Crippen molar-refractivity contribution in [2.45, 2.75) is 6.54 Å². The predicted molar refractivity (Wildman–Crippen MR) is 78.1 cm³/mol. The lowest BCUT2D eigenvalue weighted by molar-refractivity contribution is -0.384. The third kappa shape index (κ3) is 3.53. The number of nitrogens with one attached hydrogen (secondary N) is 2. The summed E-state index contributed by atoms with van der Waals surface area (Å²) in [6.07, 6.45) is 3.05. The molecule has 7 nitrogen and oxygen atoms in total. The normalized spacial score (nSPS) is 9.95. The highest BCUT2D eigenvalue weighted by Gasteiger charge is 2.11. The molecule has 7 heteroatoms. The van der Waals surface area contributed by atoms with Crippen LogP contribution >= 0.6 is 0 Å². The summed E-state index contributed by atoms with van der Waals surface area (Å²) in [5.74, 6) is -0.293. The minimum absolute atomic E-state index is 0.000888. The lowest BCUT2D eigenvalue weighted by Gasteiger charge is -2.09. The van der Waals surface area contributed by atoms with Crippen LogP contribution in [0.2, 0.25) is 0 Å². The van der Waals surface area contributed by atoms with E-state index in [1.165, 1.54) is 18.3 Å². The van der Waals surface area contributed by atoms with Crippen LogP contribution in [0.15, 0.2) is 42.7 Å². The third-order valence-electron chi connectivity index (χ3n) is 2.91. The van der Waals surface area contributed by atoms with E-state index in [-0.39, 0.29) is 18.1 Å². The number of anilines is 1. The minimum Gasteiger partial charge on any atom is -0.387 e. The number of carbonyl (C=O) groups is 1. The van der Waals surface area contributed by atoms with Gasteiger partial charge in [-0.2, -0.15) is 0 Å². The fourth-order valence-electron chi connectivity index (χ4n) is 1.85. The Hall–Kier alpha value is -2.96. The zero-order chi connectivity index (χ0) is 15.2. The maximum atomic E-state index is 12.1. The smallest absolute Gasteiger partial charge is 0.269 e. The Morgan fingerprint density at radius 1 is 1.38 bits per heavy atom. The highest BCUT2D eigenvalue weighted by molar-refractivity contribution is 5.99. The van der Waals surface area contributed by atoms with Crippen LogP contribution in [-0.2, 0) is 6.54 Å². The Bertz CT molecular complexity index is 673. The average molecular weight is 286 g/mol. The van der Waals surface area contributed by atoms with Crippen LogP contribution in [0.25, 0.3) is 0 Å². The van der Waals surface area contributed by atoms with Gasteiger partial charge in [-0.25, -0.2) is 0 Å². The SMILES string of the molecule is CNc1ccncc1C(=O)NCc1cccc([N+](=O)[O-])c1. The standard InChI is InChI=1S/C14H14N4O3/c1-15-13-5-6-16-9-12(13)14(19)17-8-10-3-2-4-11(7-10)18(20)21/h2-7,9H,8H2,1H3,(H,15,16)(H,17,19). The maximum absolute atomic E-state index is 12.1. The third-order valence-corrected chi connectivity index (χ3v) is 2.91. The molecule has 2 aromatic rings. The van der Waals surface area contributed by atoms with Gasteiger partial charge in [0, 0.05) is 43.8 Å². The molecule has 0 fully saturated rings. The second-order valence-corrected chi connectivity index (χ2v) is 4.28. The lowest BCUT2D eigenvalue weighted by atomic mass is 10.2. The van der Waals surface area contributed by atoms with Gasteiger partial charge in [0.05, 0.1) is 10.5 Å². The molecular formula is C14H14N4O3. The summed E-state index contributed by atoms with van der Waals surface area (Å²) in [7, 11) is 1.71. The minimum atomic E-state index is -0.467. The van der Waals surface area contributed by atoms with Gasteiger partial charge in [-0.05, 0) is 11.6 Å². The molecule has 0 unspecified atom stereocenters. The van der Waals surface area contributed by atoms with Crippen molar-refractivity contribution >= 4 is 17.3 Å². The zero-order valence-electron chi connectivity index (χ0n) is 11.4. The topological polar surface area (TPSA) is 97.2 Å². The quantitative estimate of drug-likeness (QED) is 0.647. The van der Waals surface area contributed by atoms with Crippen molar-refractivity contribution in [2.24, 2.45) is 0 Å². The predicted octanol–water partition coefficient (Wildman–Crippen LogP) is 1.96. The first-order chi connectivity index (χ1) is 10.1. The maximum Gasteiger partial charge on any atom is 0.269 e. The number of hydrogen-bond donors (Lipinski definition) is 2. The molecule has 0 atom stereocenters. The van der Waals surface area contributed by atoms with Crippen molar-refractivity contribution in [1.82, 2.24) is 10.3 Å². The first-order valence-electron chi connectivity index (χ1n) is 6.25. The highest BCUT2D eigenvalue weighted by atomic mass is 16.6. The fraction of sp³-hybridized carbons (Fsp3) is 0.143. The Balaban J connectivity index is 2.07. The zero-order valence-corrected chi connectivity index (χ0v) is 11.4. The van der Waals surface area contributed by atoms with Gasteiger partial charge in [0.25, 0.3) is 11.6 Å². The number of amides is 1. The number of nitro benzene ring substituents is 1. The van der Waals surface area contributed by atoms with Crippen molar-refractivity contribution in [3.05, 3.63) is 64.0 Å². The van der Waals surface area contributed by atoms with Gasteiger partial charge in [-0.1, -0.05) is 12.1 Å². The van der Waals surface area contributed by atoms with Crippen molar-refractivity contribution < 1.29 is 9.72 Å². The molecule has 0 saturated heterocycles. The van der Waals surface area contributed by atoms with E-state index in [9.17, 15) is 14.9 Å². The number of pyridine rings is 1. The lowest BCUT2D eigenvalue weighted by Crippen LogP contribution is -2.23. The molecule has 1 amide bonds.